The number of hydrogen-bond acceptors (Lipinski definition) is 4. The molecule has 112 valence electrons. The number of carbonyl (C=O) groups excluding carboxylic acids is 1. The number of carbonyl (C=O) groups is 1. The summed E-state index contributed by atoms with van der Waals surface area (Å²) in [6.45, 7) is 6.97. The highest BCUT2D eigenvalue weighted by molar-refractivity contribution is 7.13. The molecule has 0 aliphatic carbocycles. The molecule has 1 atom stereocenters. The van der Waals surface area contributed by atoms with Gasteiger partial charge in [-0.2, -0.15) is 0 Å². The van der Waals surface area contributed by atoms with E-state index in [-0.39, 0.29) is 12.1 Å². The predicted octanol–water partition coefficient (Wildman–Crippen LogP) is 3.77. The number of hydrogen-bond donors (Lipinski definition) is 3. The zero-order valence-corrected chi connectivity index (χ0v) is 13.3. The van der Waals surface area contributed by atoms with Gasteiger partial charge >= 0.3 is 6.03 Å². The van der Waals surface area contributed by atoms with Crippen LogP contribution in [0, 0.1) is 6.92 Å². The van der Waals surface area contributed by atoms with E-state index in [9.17, 15) is 4.79 Å². The Hall–Kier alpha value is -1.92. The number of benzene rings is 1. The quantitative estimate of drug-likeness (QED) is 0.788. The topological polar surface area (TPSA) is 66.0 Å². The Bertz CT molecular complexity index is 611. The number of urea groups is 1. The molecule has 2 rings (SSSR count). The van der Waals surface area contributed by atoms with Crippen LogP contribution in [0.25, 0.3) is 0 Å². The average Bonchev–Trinajstić information content (AvgIpc) is 2.84. The van der Waals surface area contributed by atoms with Gasteiger partial charge in [-0.3, -0.25) is 5.32 Å². The van der Waals surface area contributed by atoms with Gasteiger partial charge < -0.3 is 10.6 Å². The van der Waals surface area contributed by atoms with Crippen molar-refractivity contribution in [3.63, 3.8) is 0 Å². The van der Waals surface area contributed by atoms with E-state index < -0.39 is 0 Å². The van der Waals surface area contributed by atoms with Gasteiger partial charge in [0, 0.05) is 17.1 Å². The Morgan fingerprint density at radius 2 is 2.19 bits per heavy atom. The van der Waals surface area contributed by atoms with Crippen LogP contribution in [0.3, 0.4) is 0 Å². The Balaban J connectivity index is 1.99. The Labute approximate surface area is 128 Å². The molecule has 1 aromatic carbocycles. The van der Waals surface area contributed by atoms with Crippen LogP contribution >= 0.6 is 11.3 Å². The third-order valence-electron chi connectivity index (χ3n) is 2.99. The molecule has 5 nitrogen and oxygen atoms in total. The second kappa shape index (κ2) is 7.19. The molecule has 0 radical (unpaired) electrons. The SMILES string of the molecule is CCNC(C)c1cccc(NC(=O)Nc2nc(C)cs2)c1. The van der Waals surface area contributed by atoms with Gasteiger partial charge in [-0.25, -0.2) is 9.78 Å². The summed E-state index contributed by atoms with van der Waals surface area (Å²) in [5.41, 5.74) is 2.81. The first-order valence-electron chi connectivity index (χ1n) is 6.92. The molecule has 6 heteroatoms. The molecule has 0 spiro atoms. The summed E-state index contributed by atoms with van der Waals surface area (Å²) in [4.78, 5) is 16.1. The van der Waals surface area contributed by atoms with Crippen LogP contribution in [-0.2, 0) is 0 Å². The summed E-state index contributed by atoms with van der Waals surface area (Å²) in [6, 6.07) is 7.79. The van der Waals surface area contributed by atoms with E-state index in [1.165, 1.54) is 11.3 Å². The van der Waals surface area contributed by atoms with E-state index in [1.807, 2.05) is 36.6 Å². The van der Waals surface area contributed by atoms with Crippen molar-refractivity contribution in [2.45, 2.75) is 26.8 Å². The summed E-state index contributed by atoms with van der Waals surface area (Å²) in [5, 5.41) is 11.4. The third-order valence-corrected chi connectivity index (χ3v) is 3.87. The predicted molar refractivity (Wildman–Crippen MR) is 88.0 cm³/mol. The number of anilines is 2. The number of aryl methyl sites for hydroxylation is 1. The maximum Gasteiger partial charge on any atom is 0.325 e. The zero-order chi connectivity index (χ0) is 15.2. The Kier molecular flexibility index (Phi) is 5.30. The van der Waals surface area contributed by atoms with Gasteiger partial charge in [-0.05, 0) is 38.1 Å². The molecule has 21 heavy (non-hydrogen) atoms. The van der Waals surface area contributed by atoms with Crippen molar-refractivity contribution in [3.8, 4) is 0 Å². The largest absolute Gasteiger partial charge is 0.325 e. The zero-order valence-electron chi connectivity index (χ0n) is 12.4. The highest BCUT2D eigenvalue weighted by Gasteiger charge is 2.08. The maximum absolute atomic E-state index is 11.9. The molecule has 1 aromatic heterocycles. The maximum atomic E-state index is 11.9. The van der Waals surface area contributed by atoms with Gasteiger partial charge in [0.2, 0.25) is 0 Å². The first kappa shape index (κ1) is 15.5. The van der Waals surface area contributed by atoms with Crippen LogP contribution in [0.15, 0.2) is 29.6 Å². The van der Waals surface area contributed by atoms with Crippen LogP contribution in [0.1, 0.15) is 31.1 Å². The van der Waals surface area contributed by atoms with E-state index in [0.29, 0.717) is 5.13 Å². The number of nitrogens with one attached hydrogen (secondary N) is 3. The molecular weight excluding hydrogens is 284 g/mol. The number of rotatable bonds is 5. The second-order valence-electron chi connectivity index (χ2n) is 4.78. The molecule has 0 aliphatic rings. The second-order valence-corrected chi connectivity index (χ2v) is 5.64. The third kappa shape index (κ3) is 4.54. The summed E-state index contributed by atoms with van der Waals surface area (Å²) < 4.78 is 0. The van der Waals surface area contributed by atoms with E-state index in [2.05, 4.69) is 34.8 Å². The molecule has 0 fully saturated rings. The highest BCUT2D eigenvalue weighted by Crippen LogP contribution is 2.18. The monoisotopic (exact) mass is 304 g/mol. The van der Waals surface area contributed by atoms with Gasteiger partial charge in [0.25, 0.3) is 0 Å². The summed E-state index contributed by atoms with van der Waals surface area (Å²) in [5.74, 6) is 0. The summed E-state index contributed by atoms with van der Waals surface area (Å²) in [6.07, 6.45) is 0. The van der Waals surface area contributed by atoms with Crippen molar-refractivity contribution in [3.05, 3.63) is 40.9 Å². The first-order chi connectivity index (χ1) is 10.1. The number of thiazole rings is 1. The van der Waals surface area contributed by atoms with E-state index >= 15 is 0 Å². The number of amides is 2. The van der Waals surface area contributed by atoms with Gasteiger partial charge in [0.05, 0.1) is 5.69 Å². The van der Waals surface area contributed by atoms with E-state index in [1.54, 1.807) is 0 Å². The van der Waals surface area contributed by atoms with Gasteiger partial charge in [-0.15, -0.1) is 11.3 Å². The van der Waals surface area contributed by atoms with Crippen molar-refractivity contribution >= 4 is 28.2 Å². The minimum Gasteiger partial charge on any atom is -0.310 e. The van der Waals surface area contributed by atoms with Crippen LogP contribution < -0.4 is 16.0 Å². The fourth-order valence-electron chi connectivity index (χ4n) is 1.98. The summed E-state index contributed by atoms with van der Waals surface area (Å²) in [7, 11) is 0. The lowest BCUT2D eigenvalue weighted by molar-refractivity contribution is 0.262. The normalized spacial score (nSPS) is 12.0. The fourth-order valence-corrected chi connectivity index (χ4v) is 2.66. The van der Waals surface area contributed by atoms with Crippen LogP contribution in [0.4, 0.5) is 15.6 Å². The lowest BCUT2D eigenvalue weighted by atomic mass is 10.1. The first-order valence-corrected chi connectivity index (χ1v) is 7.80. The molecule has 1 heterocycles. The van der Waals surface area contributed by atoms with Crippen molar-refractivity contribution in [1.82, 2.24) is 10.3 Å². The minimum absolute atomic E-state index is 0.251. The molecule has 3 N–H and O–H groups in total. The molecule has 0 saturated carbocycles. The van der Waals surface area contributed by atoms with Gasteiger partial charge in [0.1, 0.15) is 0 Å². The van der Waals surface area contributed by atoms with Gasteiger partial charge in [-0.1, -0.05) is 19.1 Å². The lowest BCUT2D eigenvalue weighted by Crippen LogP contribution is -2.20. The van der Waals surface area contributed by atoms with Gasteiger partial charge in [0.15, 0.2) is 5.13 Å². The highest BCUT2D eigenvalue weighted by atomic mass is 32.1. The fraction of sp³-hybridized carbons (Fsp3) is 0.333. The van der Waals surface area contributed by atoms with Crippen LogP contribution in [0.2, 0.25) is 0 Å². The molecule has 2 amide bonds. The molecule has 0 saturated heterocycles. The van der Waals surface area contributed by atoms with Crippen LogP contribution in [0.5, 0.6) is 0 Å². The van der Waals surface area contributed by atoms with Crippen LogP contribution in [-0.4, -0.2) is 17.6 Å². The Morgan fingerprint density at radius 1 is 1.38 bits per heavy atom. The van der Waals surface area contributed by atoms with E-state index in [4.69, 9.17) is 0 Å². The van der Waals surface area contributed by atoms with Crippen molar-refractivity contribution in [1.29, 1.82) is 0 Å². The Morgan fingerprint density at radius 3 is 2.86 bits per heavy atom. The molecule has 1 unspecified atom stereocenters. The summed E-state index contributed by atoms with van der Waals surface area (Å²) >= 11 is 1.41. The molecular formula is C15H20N4OS. The standard InChI is InChI=1S/C15H20N4OS/c1-4-16-11(3)12-6-5-7-13(8-12)18-14(20)19-15-17-10(2)9-21-15/h5-9,11,16H,4H2,1-3H3,(H2,17,18,19,20). The van der Waals surface area contributed by atoms with E-state index in [0.717, 1.165) is 23.5 Å². The molecule has 2 aromatic rings. The van der Waals surface area contributed by atoms with Crippen molar-refractivity contribution in [2.24, 2.45) is 0 Å². The lowest BCUT2D eigenvalue weighted by Gasteiger charge is -2.14. The minimum atomic E-state index is -0.280. The van der Waals surface area contributed by atoms with Crippen molar-refractivity contribution in [2.75, 3.05) is 17.2 Å². The average molecular weight is 304 g/mol. The molecule has 0 aliphatic heterocycles. The molecule has 0 bridgehead atoms. The smallest absolute Gasteiger partial charge is 0.310 e. The van der Waals surface area contributed by atoms with Crippen molar-refractivity contribution < 1.29 is 4.79 Å². The number of nitrogens with zero attached hydrogens (tertiary/aromatic N) is 1. The number of aromatic nitrogens is 1.